The molecule has 1 aromatic carbocycles. The van der Waals surface area contributed by atoms with Gasteiger partial charge in [0.1, 0.15) is 12.4 Å². The molecule has 0 radical (unpaired) electrons. The molecule has 0 spiro atoms. The zero-order valence-electron chi connectivity index (χ0n) is 12.7. The van der Waals surface area contributed by atoms with Crippen molar-refractivity contribution in [2.45, 2.75) is 32.7 Å². The fraction of sp³-hybridized carbons (Fsp3) is 0.438. The Kier molecular flexibility index (Phi) is 5.36. The third kappa shape index (κ3) is 3.83. The molecule has 0 bridgehead atoms. The summed E-state index contributed by atoms with van der Waals surface area (Å²) in [5, 5.41) is 7.24. The minimum Gasteiger partial charge on any atom is -0.492 e. The van der Waals surface area contributed by atoms with Crippen LogP contribution in [-0.2, 0) is 13.0 Å². The second kappa shape index (κ2) is 7.24. The van der Waals surface area contributed by atoms with Crippen molar-refractivity contribution in [1.29, 1.82) is 0 Å². The molecule has 0 unspecified atom stereocenters. The standard InChI is InChI=1S/C16H24N4O/c1-11(2)16-14(10-19-20-16)7-12-3-4-15(21-6-5-17)8-13(12)9-18/h3-4,8,10-11H,5-7,9,17-18H2,1-2H3,(H,19,20). The summed E-state index contributed by atoms with van der Waals surface area (Å²) in [4.78, 5) is 0. The fourth-order valence-corrected chi connectivity index (χ4v) is 2.40. The van der Waals surface area contributed by atoms with Gasteiger partial charge < -0.3 is 16.2 Å². The average Bonchev–Trinajstić information content (AvgIpc) is 2.94. The quantitative estimate of drug-likeness (QED) is 0.726. The molecule has 1 aromatic heterocycles. The molecule has 0 aliphatic carbocycles. The largest absolute Gasteiger partial charge is 0.492 e. The molecule has 0 atom stereocenters. The summed E-state index contributed by atoms with van der Waals surface area (Å²) in [5.41, 5.74) is 16.0. The van der Waals surface area contributed by atoms with Crippen LogP contribution in [0.1, 0.15) is 42.1 Å². The van der Waals surface area contributed by atoms with Gasteiger partial charge >= 0.3 is 0 Å². The van der Waals surface area contributed by atoms with E-state index in [0.29, 0.717) is 25.6 Å². The summed E-state index contributed by atoms with van der Waals surface area (Å²) in [7, 11) is 0. The predicted octanol–water partition coefficient (Wildman–Crippen LogP) is 1.92. The van der Waals surface area contributed by atoms with Crippen LogP contribution in [0.3, 0.4) is 0 Å². The number of aromatic amines is 1. The zero-order valence-corrected chi connectivity index (χ0v) is 12.7. The van der Waals surface area contributed by atoms with Crippen LogP contribution >= 0.6 is 0 Å². The molecule has 0 saturated carbocycles. The van der Waals surface area contributed by atoms with Crippen molar-refractivity contribution in [3.63, 3.8) is 0 Å². The third-order valence-corrected chi connectivity index (χ3v) is 3.49. The number of benzene rings is 1. The summed E-state index contributed by atoms with van der Waals surface area (Å²) in [5.74, 6) is 1.25. The second-order valence-corrected chi connectivity index (χ2v) is 5.41. The first-order valence-corrected chi connectivity index (χ1v) is 7.32. The SMILES string of the molecule is CC(C)c1[nH]ncc1Cc1ccc(OCCN)cc1CN. The zero-order chi connectivity index (χ0) is 15.2. The van der Waals surface area contributed by atoms with Crippen molar-refractivity contribution in [1.82, 2.24) is 10.2 Å². The predicted molar refractivity (Wildman–Crippen MR) is 84.4 cm³/mol. The Bertz CT molecular complexity index is 577. The van der Waals surface area contributed by atoms with E-state index >= 15 is 0 Å². The smallest absolute Gasteiger partial charge is 0.119 e. The lowest BCUT2D eigenvalue weighted by Gasteiger charge is -2.12. The van der Waals surface area contributed by atoms with E-state index in [9.17, 15) is 0 Å². The van der Waals surface area contributed by atoms with Crippen LogP contribution in [0.2, 0.25) is 0 Å². The molecule has 0 aliphatic rings. The fourth-order valence-electron chi connectivity index (χ4n) is 2.40. The summed E-state index contributed by atoms with van der Waals surface area (Å²) in [6.45, 7) is 5.83. The van der Waals surface area contributed by atoms with E-state index in [1.165, 1.54) is 16.8 Å². The number of nitrogens with two attached hydrogens (primary N) is 2. The van der Waals surface area contributed by atoms with E-state index < -0.39 is 0 Å². The molecule has 2 rings (SSSR count). The lowest BCUT2D eigenvalue weighted by Crippen LogP contribution is -2.11. The average molecular weight is 288 g/mol. The number of ether oxygens (including phenoxy) is 1. The molecule has 1 heterocycles. The summed E-state index contributed by atoms with van der Waals surface area (Å²) in [6, 6.07) is 6.05. The van der Waals surface area contributed by atoms with Crippen LogP contribution < -0.4 is 16.2 Å². The van der Waals surface area contributed by atoms with Crippen LogP contribution in [0, 0.1) is 0 Å². The van der Waals surface area contributed by atoms with Gasteiger partial charge in [0.05, 0.1) is 6.20 Å². The maximum atomic E-state index is 5.87. The van der Waals surface area contributed by atoms with E-state index in [0.717, 1.165) is 17.7 Å². The molecule has 2 aromatic rings. The van der Waals surface area contributed by atoms with Crippen molar-refractivity contribution < 1.29 is 4.74 Å². The van der Waals surface area contributed by atoms with Gasteiger partial charge in [-0.25, -0.2) is 0 Å². The number of aromatic nitrogens is 2. The van der Waals surface area contributed by atoms with E-state index in [-0.39, 0.29) is 0 Å². The van der Waals surface area contributed by atoms with Gasteiger partial charge in [0.2, 0.25) is 0 Å². The number of hydrogen-bond acceptors (Lipinski definition) is 4. The summed E-state index contributed by atoms with van der Waals surface area (Å²) < 4.78 is 5.55. The molecule has 5 N–H and O–H groups in total. The first-order valence-electron chi connectivity index (χ1n) is 7.32. The van der Waals surface area contributed by atoms with Gasteiger partial charge in [0, 0.05) is 25.2 Å². The maximum absolute atomic E-state index is 5.87. The number of nitrogens with one attached hydrogen (secondary N) is 1. The van der Waals surface area contributed by atoms with Crippen molar-refractivity contribution in [3.05, 3.63) is 46.8 Å². The molecular weight excluding hydrogens is 264 g/mol. The highest BCUT2D eigenvalue weighted by atomic mass is 16.5. The van der Waals surface area contributed by atoms with Gasteiger partial charge in [-0.3, -0.25) is 5.10 Å². The Balaban J connectivity index is 2.21. The highest BCUT2D eigenvalue weighted by molar-refractivity contribution is 5.39. The Morgan fingerprint density at radius 2 is 2.00 bits per heavy atom. The van der Waals surface area contributed by atoms with Gasteiger partial charge in [-0.15, -0.1) is 0 Å². The van der Waals surface area contributed by atoms with Gasteiger partial charge in [0.15, 0.2) is 0 Å². The molecular formula is C16H24N4O. The Morgan fingerprint density at radius 3 is 2.67 bits per heavy atom. The Hall–Kier alpha value is -1.85. The van der Waals surface area contributed by atoms with Crippen LogP contribution in [0.4, 0.5) is 0 Å². The first-order chi connectivity index (χ1) is 10.2. The molecule has 21 heavy (non-hydrogen) atoms. The molecule has 0 saturated heterocycles. The van der Waals surface area contributed by atoms with E-state index in [4.69, 9.17) is 16.2 Å². The highest BCUT2D eigenvalue weighted by Gasteiger charge is 2.12. The monoisotopic (exact) mass is 288 g/mol. The lowest BCUT2D eigenvalue weighted by atomic mass is 9.97. The summed E-state index contributed by atoms with van der Waals surface area (Å²) >= 11 is 0. The summed E-state index contributed by atoms with van der Waals surface area (Å²) in [6.07, 6.45) is 2.72. The molecule has 5 nitrogen and oxygen atoms in total. The minimum absolute atomic E-state index is 0.427. The lowest BCUT2D eigenvalue weighted by molar-refractivity contribution is 0.328. The third-order valence-electron chi connectivity index (χ3n) is 3.49. The van der Waals surface area contributed by atoms with Crippen molar-refractivity contribution in [2.75, 3.05) is 13.2 Å². The van der Waals surface area contributed by atoms with E-state index in [1.807, 2.05) is 18.3 Å². The first kappa shape index (κ1) is 15.5. The van der Waals surface area contributed by atoms with E-state index in [1.54, 1.807) is 0 Å². The van der Waals surface area contributed by atoms with Crippen molar-refractivity contribution in [2.24, 2.45) is 11.5 Å². The maximum Gasteiger partial charge on any atom is 0.119 e. The topological polar surface area (TPSA) is 89.9 Å². The van der Waals surface area contributed by atoms with Crippen LogP contribution in [0.5, 0.6) is 5.75 Å². The Labute approximate surface area is 125 Å². The van der Waals surface area contributed by atoms with Gasteiger partial charge in [-0.2, -0.15) is 5.10 Å². The minimum atomic E-state index is 0.427. The normalized spacial score (nSPS) is 11.1. The number of H-pyrrole nitrogens is 1. The second-order valence-electron chi connectivity index (χ2n) is 5.41. The van der Waals surface area contributed by atoms with Gasteiger partial charge in [-0.05, 0) is 34.7 Å². The highest BCUT2D eigenvalue weighted by Crippen LogP contribution is 2.24. The van der Waals surface area contributed by atoms with Crippen LogP contribution in [0.15, 0.2) is 24.4 Å². The molecule has 114 valence electrons. The van der Waals surface area contributed by atoms with Gasteiger partial charge in [-0.1, -0.05) is 19.9 Å². The number of rotatable bonds is 7. The van der Waals surface area contributed by atoms with Gasteiger partial charge in [0.25, 0.3) is 0 Å². The van der Waals surface area contributed by atoms with E-state index in [2.05, 4.69) is 30.1 Å². The molecule has 0 aliphatic heterocycles. The molecule has 0 amide bonds. The van der Waals surface area contributed by atoms with Crippen LogP contribution in [-0.4, -0.2) is 23.3 Å². The Morgan fingerprint density at radius 1 is 1.19 bits per heavy atom. The molecule has 0 fully saturated rings. The van der Waals surface area contributed by atoms with Crippen molar-refractivity contribution in [3.8, 4) is 5.75 Å². The molecule has 5 heteroatoms. The van der Waals surface area contributed by atoms with Crippen LogP contribution in [0.25, 0.3) is 0 Å². The van der Waals surface area contributed by atoms with Crippen molar-refractivity contribution >= 4 is 0 Å². The number of hydrogen-bond donors (Lipinski definition) is 3. The number of nitrogens with zero attached hydrogens (tertiary/aromatic N) is 1.